The average molecular weight is 989 g/mol. The first-order valence-corrected chi connectivity index (χ1v) is 21.3. The zero-order chi connectivity index (χ0) is 42.9. The third-order valence-corrected chi connectivity index (χ3v) is 15.4. The summed E-state index contributed by atoms with van der Waals surface area (Å²) >= 11 is 0. The number of benzene rings is 5. The fraction of sp³-hybridized carbons (Fsp3) is 0.291. The summed E-state index contributed by atoms with van der Waals surface area (Å²) in [4.78, 5) is 20.6. The van der Waals surface area contributed by atoms with Crippen LogP contribution in [0.4, 0.5) is 0 Å². The predicted octanol–water partition coefficient (Wildman–Crippen LogP) is 12.8. The van der Waals surface area contributed by atoms with Gasteiger partial charge in [0, 0.05) is 59.5 Å². The van der Waals surface area contributed by atoms with Crippen LogP contribution in [0.3, 0.4) is 0 Å². The molecule has 3 aliphatic rings. The molecule has 6 nitrogen and oxygen atoms in total. The van der Waals surface area contributed by atoms with Crippen LogP contribution in [0.1, 0.15) is 103 Å². The van der Waals surface area contributed by atoms with Crippen molar-refractivity contribution in [2.24, 2.45) is 5.41 Å². The first kappa shape index (κ1) is 41.5. The summed E-state index contributed by atoms with van der Waals surface area (Å²) in [7, 11) is 0. The van der Waals surface area contributed by atoms with Gasteiger partial charge in [0.1, 0.15) is 11.8 Å². The second kappa shape index (κ2) is 14.1. The zero-order valence-electron chi connectivity index (χ0n) is 37.1. The molecular formula is C55H50IrN5O-. The Morgan fingerprint density at radius 1 is 0.548 bits per heavy atom. The molecule has 1 radical (unpaired) electrons. The van der Waals surface area contributed by atoms with Crippen LogP contribution >= 0.6 is 0 Å². The van der Waals surface area contributed by atoms with Gasteiger partial charge in [-0.15, -0.1) is 34.9 Å². The molecule has 0 amide bonds. The van der Waals surface area contributed by atoms with Crippen LogP contribution in [0, 0.1) is 22.8 Å². The number of nitrogens with zero attached hydrogens (tertiary/aromatic N) is 5. The topological polar surface area (TPSA) is 84.6 Å². The Balaban J connectivity index is 0.00000490. The molecule has 2 aromatic heterocycles. The van der Waals surface area contributed by atoms with Gasteiger partial charge in [-0.05, 0) is 79.0 Å². The first-order valence-electron chi connectivity index (χ1n) is 21.3. The zero-order valence-corrected chi connectivity index (χ0v) is 39.5. The van der Waals surface area contributed by atoms with Crippen molar-refractivity contribution in [1.29, 1.82) is 5.26 Å². The van der Waals surface area contributed by atoms with Gasteiger partial charge in [0.2, 0.25) is 0 Å². The third-order valence-electron chi connectivity index (χ3n) is 15.4. The normalized spacial score (nSPS) is 17.1. The molecular weight excluding hydrogens is 939 g/mol. The van der Waals surface area contributed by atoms with E-state index in [1.54, 1.807) is 0 Å². The molecule has 5 aromatic carbocycles. The maximum absolute atomic E-state index is 9.70. The summed E-state index contributed by atoms with van der Waals surface area (Å²) in [5, 5.41) is 9.70. The van der Waals surface area contributed by atoms with E-state index in [2.05, 4.69) is 178 Å². The molecule has 2 heterocycles. The number of rotatable bonds is 6. The Kier molecular flexibility index (Phi) is 9.46. The smallest absolute Gasteiger partial charge is 0.173 e. The predicted molar refractivity (Wildman–Crippen MR) is 244 cm³/mol. The van der Waals surface area contributed by atoms with Crippen LogP contribution in [0.5, 0.6) is 5.75 Å². The van der Waals surface area contributed by atoms with Crippen LogP contribution in [-0.2, 0) is 41.8 Å². The number of pyridine rings is 1. The Morgan fingerprint density at radius 2 is 1.03 bits per heavy atom. The minimum Gasteiger partial charge on any atom is -0.486 e. The fourth-order valence-electron chi connectivity index (χ4n) is 10.6. The molecule has 0 saturated carbocycles. The molecule has 0 atom stereocenters. The van der Waals surface area contributed by atoms with Gasteiger partial charge in [0.15, 0.2) is 24.1 Å². The van der Waals surface area contributed by atoms with Crippen molar-refractivity contribution >= 4 is 0 Å². The summed E-state index contributed by atoms with van der Waals surface area (Å²) in [5.41, 5.74) is 16.1. The number of hydrogen-bond donors (Lipinski definition) is 0. The van der Waals surface area contributed by atoms with E-state index in [1.165, 1.54) is 55.6 Å². The number of fused-ring (bicyclic) bond motifs is 7. The van der Waals surface area contributed by atoms with E-state index >= 15 is 0 Å². The monoisotopic (exact) mass is 989 g/mol. The Labute approximate surface area is 379 Å². The van der Waals surface area contributed by atoms with Gasteiger partial charge < -0.3 is 9.72 Å². The van der Waals surface area contributed by atoms with Crippen LogP contribution in [0.2, 0.25) is 0 Å². The van der Waals surface area contributed by atoms with Gasteiger partial charge in [-0.2, -0.15) is 5.26 Å². The third kappa shape index (κ3) is 5.83. The molecule has 0 bridgehead atoms. The van der Waals surface area contributed by atoms with Crippen LogP contribution in [0.15, 0.2) is 109 Å². The van der Waals surface area contributed by atoms with E-state index in [-0.39, 0.29) is 53.8 Å². The first-order chi connectivity index (χ1) is 29.0. The van der Waals surface area contributed by atoms with Crippen molar-refractivity contribution in [3.8, 4) is 79.5 Å². The van der Waals surface area contributed by atoms with E-state index in [0.29, 0.717) is 34.5 Å². The van der Waals surface area contributed by atoms with E-state index in [0.717, 1.165) is 16.7 Å². The van der Waals surface area contributed by atoms with Gasteiger partial charge in [-0.1, -0.05) is 142 Å². The molecule has 7 aromatic rings. The molecule has 0 aliphatic heterocycles. The maximum Gasteiger partial charge on any atom is 0.173 e. The van der Waals surface area contributed by atoms with E-state index in [4.69, 9.17) is 24.7 Å². The van der Waals surface area contributed by atoms with Crippen LogP contribution in [0.25, 0.3) is 67.7 Å². The maximum atomic E-state index is 9.70. The average Bonchev–Trinajstić information content (AvgIpc) is 3.67. The van der Waals surface area contributed by atoms with E-state index in [1.807, 2.05) is 12.3 Å². The Bertz CT molecular complexity index is 2920. The van der Waals surface area contributed by atoms with Crippen LogP contribution in [-0.4, -0.2) is 26.5 Å². The molecule has 311 valence electrons. The van der Waals surface area contributed by atoms with Crippen molar-refractivity contribution in [3.05, 3.63) is 149 Å². The van der Waals surface area contributed by atoms with Crippen molar-refractivity contribution in [2.45, 2.75) is 90.9 Å². The molecule has 10 rings (SSSR count). The van der Waals surface area contributed by atoms with Crippen LogP contribution < -0.4 is 4.74 Å². The van der Waals surface area contributed by atoms with Gasteiger partial charge in [0.05, 0.1) is 0 Å². The summed E-state index contributed by atoms with van der Waals surface area (Å²) < 4.78 is 6.18. The minimum absolute atomic E-state index is 0. The molecule has 0 saturated heterocycles. The largest absolute Gasteiger partial charge is 0.486 e. The fourth-order valence-corrected chi connectivity index (χ4v) is 10.6. The van der Waals surface area contributed by atoms with Gasteiger partial charge in [0.25, 0.3) is 0 Å². The second-order valence-corrected chi connectivity index (χ2v) is 19.7. The Morgan fingerprint density at radius 3 is 1.56 bits per heavy atom. The molecule has 7 heteroatoms. The second-order valence-electron chi connectivity index (χ2n) is 19.7. The number of hydrogen-bond acceptors (Lipinski definition) is 6. The summed E-state index contributed by atoms with van der Waals surface area (Å²) in [6.07, 6.45) is 1.81. The van der Waals surface area contributed by atoms with Crippen molar-refractivity contribution in [3.63, 3.8) is 0 Å². The van der Waals surface area contributed by atoms with Gasteiger partial charge in [-0.3, -0.25) is 0 Å². The number of nitriles is 1. The standard InChI is InChI=1S/C55H50N5O.Ir/c1-51(2)40-17-13-11-15-36(40)38-22-19-33(28-43(38)51)48-58-49(34-20-23-39-37-16-12-14-18-41(37)52(3,4)44(39)29-34)60-50(59-48)35-30-46(61-26-25-56)47(57-31-35)32-21-24-42-45(27-32)54(7,8)55(9,10)53(42,5)6;/h11-20,22-24,27-31H,26H2,1-10H3;/q-1;. The molecule has 0 spiro atoms. The summed E-state index contributed by atoms with van der Waals surface area (Å²) in [5.74, 6) is 2.08. The van der Waals surface area contributed by atoms with E-state index in [9.17, 15) is 5.26 Å². The quantitative estimate of drug-likeness (QED) is 0.154. The SMILES string of the molecule is CC1(C)c2ccccc2-c2ccc(-c3nc(-c4cnc(-c5[c-]cc6c(c5)C(C)(C)C(C)(C)C6(C)C)c(OCC#N)c4)nc(-c4ccc5c(c4)C(C)(C)c4ccccc4-5)n3)cc21.[Ir]. The van der Waals surface area contributed by atoms with E-state index < -0.39 is 0 Å². The van der Waals surface area contributed by atoms with Gasteiger partial charge in [-0.25, -0.2) is 15.0 Å². The molecule has 0 unspecified atom stereocenters. The van der Waals surface area contributed by atoms with Crippen molar-refractivity contribution in [2.75, 3.05) is 6.61 Å². The molecule has 3 aliphatic carbocycles. The summed E-state index contributed by atoms with van der Waals surface area (Å²) in [6.45, 7) is 23.0. The number of ether oxygens (including phenoxy) is 1. The molecule has 0 fully saturated rings. The van der Waals surface area contributed by atoms with Crippen molar-refractivity contribution in [1.82, 2.24) is 19.9 Å². The summed E-state index contributed by atoms with van der Waals surface area (Å²) in [6, 6.07) is 42.4. The van der Waals surface area contributed by atoms with Gasteiger partial charge >= 0.3 is 0 Å². The minimum atomic E-state index is -0.191. The Hall–Kier alpha value is -5.80. The molecule has 0 N–H and O–H groups in total. The number of aromatic nitrogens is 4. The van der Waals surface area contributed by atoms with Crippen molar-refractivity contribution < 1.29 is 24.8 Å². The molecule has 62 heavy (non-hydrogen) atoms.